The molecule has 22 heavy (non-hydrogen) atoms. The highest BCUT2D eigenvalue weighted by Gasteiger charge is 2.43. The maximum atomic E-state index is 9.95. The van der Waals surface area contributed by atoms with E-state index in [1.807, 2.05) is 0 Å². The molecule has 0 aromatic heterocycles. The van der Waals surface area contributed by atoms with Crippen molar-refractivity contribution in [2.24, 2.45) is 0 Å². The molecule has 1 heterocycles. The molecule has 1 aliphatic heterocycles. The summed E-state index contributed by atoms with van der Waals surface area (Å²) in [5.41, 5.74) is 0.583. The van der Waals surface area contributed by atoms with E-state index in [0.29, 0.717) is 12.0 Å². The lowest BCUT2D eigenvalue weighted by Crippen LogP contribution is -2.63. The fourth-order valence-electron chi connectivity index (χ4n) is 2.46. The van der Waals surface area contributed by atoms with Gasteiger partial charge in [-0.2, -0.15) is 0 Å². The van der Waals surface area contributed by atoms with Crippen LogP contribution in [-0.4, -0.2) is 74.4 Å². The number of nitrogens with one attached hydrogen (secondary N) is 1. The third kappa shape index (κ3) is 3.67. The smallest absolute Gasteiger partial charge is 0.173 e. The summed E-state index contributed by atoms with van der Waals surface area (Å²) >= 11 is 0. The van der Waals surface area contributed by atoms with Gasteiger partial charge in [-0.15, -0.1) is 0 Å². The lowest BCUT2D eigenvalue weighted by molar-refractivity contribution is -0.254. The van der Waals surface area contributed by atoms with Crippen LogP contribution in [0.3, 0.4) is 0 Å². The van der Waals surface area contributed by atoms with Crippen LogP contribution in [0.25, 0.3) is 0 Å². The van der Waals surface area contributed by atoms with Crippen LogP contribution in [0.5, 0.6) is 11.5 Å². The monoisotopic (exact) mass is 315 g/mol. The van der Waals surface area contributed by atoms with Crippen molar-refractivity contribution in [3.63, 3.8) is 0 Å². The van der Waals surface area contributed by atoms with Crippen LogP contribution < -0.4 is 5.32 Å². The molecular formula is C14H21NO7. The number of aromatic hydroxyl groups is 2. The number of hydrogen-bond acceptors (Lipinski definition) is 8. The highest BCUT2D eigenvalue weighted by Crippen LogP contribution is 2.23. The van der Waals surface area contributed by atoms with E-state index in [-0.39, 0.29) is 18.0 Å². The Morgan fingerprint density at radius 2 is 1.82 bits per heavy atom. The minimum atomic E-state index is -1.37. The number of hydrogen-bond donors (Lipinski definition) is 7. The third-order valence-corrected chi connectivity index (χ3v) is 3.74. The first-order chi connectivity index (χ1) is 10.4. The van der Waals surface area contributed by atoms with E-state index in [9.17, 15) is 25.5 Å². The number of rotatable bonds is 5. The lowest BCUT2D eigenvalue weighted by atomic mass is 9.97. The van der Waals surface area contributed by atoms with Crippen LogP contribution in [0, 0.1) is 0 Å². The molecule has 2 rings (SSSR count). The Morgan fingerprint density at radius 1 is 1.09 bits per heavy atom. The highest BCUT2D eigenvalue weighted by atomic mass is 16.6. The SMILES string of the molecule is OC[C@H]1OC(O)[C@H](NCCc2ccc(O)cc2O)[C@@H](O)[C@@H]1O. The van der Waals surface area contributed by atoms with Gasteiger partial charge in [-0.05, 0) is 24.6 Å². The summed E-state index contributed by atoms with van der Waals surface area (Å²) < 4.78 is 5.02. The van der Waals surface area contributed by atoms with E-state index in [1.54, 1.807) is 6.07 Å². The largest absolute Gasteiger partial charge is 0.508 e. The van der Waals surface area contributed by atoms with Crippen molar-refractivity contribution in [3.8, 4) is 11.5 Å². The van der Waals surface area contributed by atoms with Crippen LogP contribution in [0.15, 0.2) is 18.2 Å². The molecular weight excluding hydrogens is 294 g/mol. The molecule has 0 bridgehead atoms. The number of benzene rings is 1. The van der Waals surface area contributed by atoms with Crippen molar-refractivity contribution >= 4 is 0 Å². The summed E-state index contributed by atoms with van der Waals surface area (Å²) in [7, 11) is 0. The van der Waals surface area contributed by atoms with Gasteiger partial charge in [0.1, 0.15) is 29.8 Å². The van der Waals surface area contributed by atoms with Crippen LogP contribution >= 0.6 is 0 Å². The van der Waals surface area contributed by atoms with Crippen molar-refractivity contribution in [1.29, 1.82) is 0 Å². The van der Waals surface area contributed by atoms with Gasteiger partial charge in [-0.3, -0.25) is 0 Å². The Hall–Kier alpha value is -1.42. The van der Waals surface area contributed by atoms with Gasteiger partial charge in [-0.25, -0.2) is 0 Å². The van der Waals surface area contributed by atoms with Crippen LogP contribution in [0.4, 0.5) is 0 Å². The normalized spacial score (nSPS) is 32.1. The molecule has 124 valence electrons. The number of phenols is 2. The minimum Gasteiger partial charge on any atom is -0.508 e. The molecule has 0 aliphatic carbocycles. The molecule has 8 heteroatoms. The Balaban J connectivity index is 1.90. The topological polar surface area (TPSA) is 143 Å². The number of aliphatic hydroxyl groups is 4. The molecule has 1 fully saturated rings. The van der Waals surface area contributed by atoms with Crippen molar-refractivity contribution in [1.82, 2.24) is 5.32 Å². The van der Waals surface area contributed by atoms with Crippen molar-refractivity contribution in [2.75, 3.05) is 13.2 Å². The lowest BCUT2D eigenvalue weighted by Gasteiger charge is -2.40. The van der Waals surface area contributed by atoms with Crippen LogP contribution in [0.1, 0.15) is 5.56 Å². The Bertz CT molecular complexity index is 498. The van der Waals surface area contributed by atoms with E-state index in [1.165, 1.54) is 12.1 Å². The molecule has 0 amide bonds. The molecule has 5 atom stereocenters. The molecule has 7 N–H and O–H groups in total. The Morgan fingerprint density at radius 3 is 2.45 bits per heavy atom. The van der Waals surface area contributed by atoms with Gasteiger partial charge in [0.25, 0.3) is 0 Å². The van der Waals surface area contributed by atoms with Crippen LogP contribution in [0.2, 0.25) is 0 Å². The molecule has 1 aromatic carbocycles. The summed E-state index contributed by atoms with van der Waals surface area (Å²) in [6.45, 7) is -0.222. The molecule has 8 nitrogen and oxygen atoms in total. The predicted molar refractivity (Wildman–Crippen MR) is 75.2 cm³/mol. The summed E-state index contributed by atoms with van der Waals surface area (Å²) in [6.07, 6.45) is -4.64. The number of phenolic OH excluding ortho intramolecular Hbond substituents is 2. The summed E-state index contributed by atoms with van der Waals surface area (Å²) in [4.78, 5) is 0. The van der Waals surface area contributed by atoms with E-state index in [0.717, 1.165) is 0 Å². The van der Waals surface area contributed by atoms with E-state index >= 15 is 0 Å². The quantitative estimate of drug-likeness (QED) is 0.332. The zero-order valence-electron chi connectivity index (χ0n) is 11.8. The van der Waals surface area contributed by atoms with E-state index in [2.05, 4.69) is 5.32 Å². The summed E-state index contributed by atoms with van der Waals surface area (Å²) in [6, 6.07) is 3.31. The first-order valence-corrected chi connectivity index (χ1v) is 6.98. The fourth-order valence-corrected chi connectivity index (χ4v) is 2.46. The summed E-state index contributed by atoms with van der Waals surface area (Å²) in [5, 5.41) is 60.2. The standard InChI is InChI=1S/C14H21NO7/c16-6-10-12(19)13(20)11(14(21)22-10)15-4-3-7-1-2-8(17)5-9(7)18/h1-2,5,10-21H,3-4,6H2/t10-,11-,12-,13-,14?/m1/s1. The average Bonchev–Trinajstić information content (AvgIpc) is 2.48. The van der Waals surface area contributed by atoms with Crippen molar-refractivity contribution < 1.29 is 35.4 Å². The Kier molecular flexibility index (Phi) is 5.57. The molecule has 1 unspecified atom stereocenters. The van der Waals surface area contributed by atoms with Gasteiger partial charge in [0.05, 0.1) is 12.6 Å². The van der Waals surface area contributed by atoms with Crippen LogP contribution in [-0.2, 0) is 11.2 Å². The second-order valence-corrected chi connectivity index (χ2v) is 5.27. The molecule has 1 aliphatic rings. The highest BCUT2D eigenvalue weighted by molar-refractivity contribution is 5.39. The maximum Gasteiger partial charge on any atom is 0.173 e. The zero-order valence-corrected chi connectivity index (χ0v) is 11.8. The molecule has 1 saturated heterocycles. The third-order valence-electron chi connectivity index (χ3n) is 3.74. The molecule has 0 spiro atoms. The predicted octanol–water partition coefficient (Wildman–Crippen LogP) is -1.97. The maximum absolute atomic E-state index is 9.95. The zero-order chi connectivity index (χ0) is 16.3. The van der Waals surface area contributed by atoms with E-state index in [4.69, 9.17) is 9.84 Å². The molecule has 0 radical (unpaired) electrons. The van der Waals surface area contributed by atoms with Gasteiger partial charge in [0.15, 0.2) is 6.29 Å². The average molecular weight is 315 g/mol. The summed E-state index contributed by atoms with van der Waals surface area (Å²) in [5.74, 6) is -0.0953. The second-order valence-electron chi connectivity index (χ2n) is 5.27. The first-order valence-electron chi connectivity index (χ1n) is 6.98. The molecule has 0 saturated carbocycles. The van der Waals surface area contributed by atoms with Crippen molar-refractivity contribution in [3.05, 3.63) is 23.8 Å². The number of aliphatic hydroxyl groups excluding tert-OH is 4. The Labute approximate surface area is 127 Å². The van der Waals surface area contributed by atoms with Gasteiger partial charge >= 0.3 is 0 Å². The fraction of sp³-hybridized carbons (Fsp3) is 0.571. The minimum absolute atomic E-state index is 0.0427. The van der Waals surface area contributed by atoms with E-state index < -0.39 is 37.3 Å². The van der Waals surface area contributed by atoms with Gasteiger partial charge in [0.2, 0.25) is 0 Å². The number of ether oxygens (including phenoxy) is 1. The van der Waals surface area contributed by atoms with Crippen molar-refractivity contribution in [2.45, 2.75) is 37.1 Å². The van der Waals surface area contributed by atoms with Gasteiger partial charge in [0, 0.05) is 6.07 Å². The van der Waals surface area contributed by atoms with Gasteiger partial charge < -0.3 is 40.7 Å². The first kappa shape index (κ1) is 16.9. The van der Waals surface area contributed by atoms with Gasteiger partial charge in [-0.1, -0.05) is 6.07 Å². The molecule has 1 aromatic rings. The second kappa shape index (κ2) is 7.23.